The lowest BCUT2D eigenvalue weighted by Crippen LogP contribution is -2.25. The highest BCUT2D eigenvalue weighted by Gasteiger charge is 2.36. The van der Waals surface area contributed by atoms with Crippen molar-refractivity contribution in [3.05, 3.63) is 26.8 Å². The Labute approximate surface area is 92.1 Å². The molecule has 0 atom stereocenters. The molecule has 0 aliphatic heterocycles. The number of hydrogen-bond donors (Lipinski definition) is 0. The second-order valence-corrected chi connectivity index (χ2v) is 3.70. The largest absolute Gasteiger partial charge is 0.434 e. The van der Waals surface area contributed by atoms with Crippen molar-refractivity contribution in [2.75, 3.05) is 0 Å². The fraction of sp³-hybridized carbons (Fsp3) is 0.500. The topological polar surface area (TPSA) is 34.9 Å². The summed E-state index contributed by atoms with van der Waals surface area (Å²) in [6.45, 7) is 2.17. The predicted octanol–water partition coefficient (Wildman–Crippen LogP) is 2.43. The summed E-state index contributed by atoms with van der Waals surface area (Å²) in [5.41, 5.74) is -1.89. The summed E-state index contributed by atoms with van der Waals surface area (Å²) in [6.07, 6.45) is -3.04. The molecule has 0 unspecified atom stereocenters. The third-order valence-corrected chi connectivity index (χ3v) is 2.43. The summed E-state index contributed by atoms with van der Waals surface area (Å²) in [6, 6.07) is 0. The molecule has 0 aliphatic carbocycles. The normalized spacial score (nSPS) is 11.8. The molecule has 0 fully saturated rings. The van der Waals surface area contributed by atoms with Gasteiger partial charge in [-0.25, -0.2) is 4.98 Å². The summed E-state index contributed by atoms with van der Waals surface area (Å²) in [4.78, 5) is 14.6. The summed E-state index contributed by atoms with van der Waals surface area (Å²) >= 11 is 2.62. The molecule has 1 heterocycles. The zero-order valence-corrected chi connectivity index (χ0v) is 9.39. The smallest absolute Gasteiger partial charge is 0.298 e. The molecule has 0 radical (unpaired) electrons. The second kappa shape index (κ2) is 4.34. The summed E-state index contributed by atoms with van der Waals surface area (Å²) in [5.74, 6) is 0. The van der Waals surface area contributed by atoms with Gasteiger partial charge < -0.3 is 0 Å². The van der Waals surface area contributed by atoms with Gasteiger partial charge in [0.05, 0.1) is 6.33 Å². The van der Waals surface area contributed by atoms with Crippen LogP contribution in [0.15, 0.2) is 15.6 Å². The highest BCUT2D eigenvalue weighted by atomic mass is 79.9. The van der Waals surface area contributed by atoms with Crippen molar-refractivity contribution in [3.8, 4) is 0 Å². The number of hydrogen-bond acceptors (Lipinski definition) is 2. The van der Waals surface area contributed by atoms with Crippen LogP contribution in [0.2, 0.25) is 0 Å². The Morgan fingerprint density at radius 1 is 1.53 bits per heavy atom. The van der Waals surface area contributed by atoms with E-state index in [9.17, 15) is 18.0 Å². The maximum atomic E-state index is 12.3. The van der Waals surface area contributed by atoms with Crippen LogP contribution in [0.5, 0.6) is 0 Å². The van der Waals surface area contributed by atoms with E-state index < -0.39 is 21.9 Å². The minimum atomic E-state index is -4.61. The zero-order chi connectivity index (χ0) is 11.6. The van der Waals surface area contributed by atoms with Crippen molar-refractivity contribution in [1.82, 2.24) is 9.55 Å². The zero-order valence-electron chi connectivity index (χ0n) is 7.81. The first-order valence-electron chi connectivity index (χ1n) is 4.20. The molecule has 0 saturated carbocycles. The Morgan fingerprint density at radius 2 is 2.13 bits per heavy atom. The van der Waals surface area contributed by atoms with E-state index in [1.807, 2.05) is 6.92 Å². The first-order chi connectivity index (χ1) is 6.88. The molecule has 1 aromatic rings. The van der Waals surface area contributed by atoms with Crippen molar-refractivity contribution < 1.29 is 13.2 Å². The molecule has 3 nitrogen and oxygen atoms in total. The third-order valence-electron chi connectivity index (χ3n) is 1.72. The van der Waals surface area contributed by atoms with Gasteiger partial charge in [-0.05, 0) is 22.4 Å². The number of nitrogens with zero attached hydrogens (tertiary/aromatic N) is 2. The molecule has 0 N–H and O–H groups in total. The van der Waals surface area contributed by atoms with Gasteiger partial charge in [0.15, 0.2) is 5.69 Å². The Hall–Kier alpha value is -0.850. The van der Waals surface area contributed by atoms with Crippen LogP contribution in [0.1, 0.15) is 19.0 Å². The Kier molecular flexibility index (Phi) is 3.54. The standard InChI is InChI=1S/C8H8BrF3N2O/c1-2-3-14-4-13-6(8(10,11)12)5(9)7(14)15/h4H,2-3H2,1H3. The molecule has 84 valence electrons. The van der Waals surface area contributed by atoms with Crippen molar-refractivity contribution in [2.45, 2.75) is 26.1 Å². The first kappa shape index (κ1) is 12.2. The van der Waals surface area contributed by atoms with E-state index >= 15 is 0 Å². The number of alkyl halides is 3. The van der Waals surface area contributed by atoms with Crippen molar-refractivity contribution >= 4 is 15.9 Å². The van der Waals surface area contributed by atoms with Gasteiger partial charge in [0.2, 0.25) is 0 Å². The number of rotatable bonds is 2. The minimum absolute atomic E-state index is 0.350. The summed E-state index contributed by atoms with van der Waals surface area (Å²) in [5, 5.41) is 0. The monoisotopic (exact) mass is 284 g/mol. The Morgan fingerprint density at radius 3 is 2.60 bits per heavy atom. The van der Waals surface area contributed by atoms with Gasteiger partial charge >= 0.3 is 6.18 Å². The maximum absolute atomic E-state index is 12.3. The molecule has 0 spiro atoms. The van der Waals surface area contributed by atoms with Gasteiger partial charge in [0.25, 0.3) is 5.56 Å². The van der Waals surface area contributed by atoms with E-state index in [2.05, 4.69) is 20.9 Å². The predicted molar refractivity (Wildman–Crippen MR) is 51.5 cm³/mol. The lowest BCUT2D eigenvalue weighted by Gasteiger charge is -2.09. The minimum Gasteiger partial charge on any atom is -0.298 e. The highest BCUT2D eigenvalue weighted by molar-refractivity contribution is 9.10. The van der Waals surface area contributed by atoms with Gasteiger partial charge in [-0.3, -0.25) is 9.36 Å². The van der Waals surface area contributed by atoms with Gasteiger partial charge in [-0.15, -0.1) is 0 Å². The molecule has 0 amide bonds. The second-order valence-electron chi connectivity index (χ2n) is 2.90. The molecule has 15 heavy (non-hydrogen) atoms. The summed E-state index contributed by atoms with van der Waals surface area (Å²) in [7, 11) is 0. The average Bonchev–Trinajstić information content (AvgIpc) is 2.11. The highest BCUT2D eigenvalue weighted by Crippen LogP contribution is 2.30. The van der Waals surface area contributed by atoms with Crippen LogP contribution in [0.3, 0.4) is 0 Å². The van der Waals surface area contributed by atoms with Gasteiger partial charge in [-0.1, -0.05) is 6.92 Å². The van der Waals surface area contributed by atoms with E-state index in [0.717, 1.165) is 10.9 Å². The average molecular weight is 285 g/mol. The number of aromatic nitrogens is 2. The lowest BCUT2D eigenvalue weighted by atomic mass is 10.4. The van der Waals surface area contributed by atoms with Crippen LogP contribution >= 0.6 is 15.9 Å². The summed E-state index contributed by atoms with van der Waals surface area (Å²) < 4.78 is 37.5. The fourth-order valence-corrected chi connectivity index (χ4v) is 1.62. The quantitative estimate of drug-likeness (QED) is 0.836. The van der Waals surface area contributed by atoms with Crippen LogP contribution in [0.4, 0.5) is 13.2 Å². The van der Waals surface area contributed by atoms with Crippen LogP contribution in [0.25, 0.3) is 0 Å². The molecule has 7 heteroatoms. The Bertz CT molecular complexity index is 413. The van der Waals surface area contributed by atoms with Gasteiger partial charge in [0, 0.05) is 6.54 Å². The molecule has 0 bridgehead atoms. The van der Waals surface area contributed by atoms with Crippen LogP contribution < -0.4 is 5.56 Å². The third kappa shape index (κ3) is 2.58. The number of halogens is 4. The van der Waals surface area contributed by atoms with Crippen molar-refractivity contribution in [3.63, 3.8) is 0 Å². The lowest BCUT2D eigenvalue weighted by molar-refractivity contribution is -0.142. The van der Waals surface area contributed by atoms with Crippen LogP contribution in [0, 0.1) is 0 Å². The molecule has 0 saturated heterocycles. The SMILES string of the molecule is CCCn1cnc(C(F)(F)F)c(Br)c1=O. The Balaban J connectivity index is 3.28. The number of aryl methyl sites for hydroxylation is 1. The molecular formula is C8H8BrF3N2O. The van der Waals surface area contributed by atoms with Gasteiger partial charge in [-0.2, -0.15) is 13.2 Å². The maximum Gasteiger partial charge on any atom is 0.434 e. The molecule has 0 aliphatic rings. The molecule has 0 aromatic carbocycles. The molecular weight excluding hydrogens is 277 g/mol. The van der Waals surface area contributed by atoms with Crippen molar-refractivity contribution in [2.24, 2.45) is 0 Å². The van der Waals surface area contributed by atoms with Gasteiger partial charge in [0.1, 0.15) is 4.47 Å². The molecule has 1 aromatic heterocycles. The van der Waals surface area contributed by atoms with Crippen molar-refractivity contribution in [1.29, 1.82) is 0 Å². The van der Waals surface area contributed by atoms with E-state index in [0.29, 0.717) is 13.0 Å². The van der Waals surface area contributed by atoms with E-state index in [-0.39, 0.29) is 0 Å². The first-order valence-corrected chi connectivity index (χ1v) is 4.99. The van der Waals surface area contributed by atoms with E-state index in [4.69, 9.17) is 0 Å². The van der Waals surface area contributed by atoms with E-state index in [1.165, 1.54) is 0 Å². The fourth-order valence-electron chi connectivity index (χ4n) is 1.06. The molecule has 1 rings (SSSR count). The van der Waals surface area contributed by atoms with Crippen LogP contribution in [-0.4, -0.2) is 9.55 Å². The van der Waals surface area contributed by atoms with E-state index in [1.54, 1.807) is 0 Å². The van der Waals surface area contributed by atoms with Crippen LogP contribution in [-0.2, 0) is 12.7 Å².